The number of para-hydroxylation sites is 1. The van der Waals surface area contributed by atoms with Gasteiger partial charge in [-0.05, 0) is 36.2 Å². The fourth-order valence-corrected chi connectivity index (χ4v) is 3.72. The number of hydrogen-bond donors (Lipinski definition) is 1. The number of amides is 1. The lowest BCUT2D eigenvalue weighted by Gasteiger charge is -2.11. The summed E-state index contributed by atoms with van der Waals surface area (Å²) in [5, 5.41) is 3.93. The molecule has 0 radical (unpaired) electrons. The number of benzene rings is 2. The van der Waals surface area contributed by atoms with Gasteiger partial charge in [-0.1, -0.05) is 41.9 Å². The lowest BCUT2D eigenvalue weighted by Crippen LogP contribution is -2.14. The summed E-state index contributed by atoms with van der Waals surface area (Å²) < 4.78 is 2.11. The van der Waals surface area contributed by atoms with Crippen LogP contribution in [0.2, 0.25) is 0 Å². The van der Waals surface area contributed by atoms with Crippen LogP contribution in [0.1, 0.15) is 20.3 Å². The summed E-state index contributed by atoms with van der Waals surface area (Å²) in [6.45, 7) is 4.07. The third-order valence-corrected chi connectivity index (χ3v) is 4.94. The van der Waals surface area contributed by atoms with Crippen LogP contribution >= 0.6 is 27.3 Å². The van der Waals surface area contributed by atoms with Gasteiger partial charge >= 0.3 is 0 Å². The van der Waals surface area contributed by atoms with Gasteiger partial charge in [0.25, 0.3) is 0 Å². The van der Waals surface area contributed by atoms with Crippen molar-refractivity contribution in [1.29, 1.82) is 0 Å². The van der Waals surface area contributed by atoms with Crippen LogP contribution in [0, 0.1) is 5.92 Å². The molecule has 3 rings (SSSR count). The van der Waals surface area contributed by atoms with Gasteiger partial charge in [0.1, 0.15) is 5.01 Å². The number of halogens is 1. The Kier molecular flexibility index (Phi) is 4.78. The van der Waals surface area contributed by atoms with Crippen LogP contribution in [0.3, 0.4) is 0 Å². The molecule has 1 heterocycles. The Morgan fingerprint density at radius 2 is 2.04 bits per heavy atom. The number of nitrogens with zero attached hydrogens (tertiary/aromatic N) is 1. The van der Waals surface area contributed by atoms with Crippen LogP contribution in [0.5, 0.6) is 0 Å². The zero-order chi connectivity index (χ0) is 16.4. The Morgan fingerprint density at radius 1 is 1.26 bits per heavy atom. The highest BCUT2D eigenvalue weighted by Crippen LogP contribution is 2.36. The molecular formula is C18H17BrN2OS. The summed E-state index contributed by atoms with van der Waals surface area (Å²) in [4.78, 5) is 16.8. The maximum absolute atomic E-state index is 12.1. The second-order valence-electron chi connectivity index (χ2n) is 5.82. The standard InChI is InChI=1S/C18H17BrN2OS/c1-11(2)9-17(22)20-14-8-7-12(19)10-13(14)18-21-15-5-3-4-6-16(15)23-18/h3-8,10-11H,9H2,1-2H3,(H,20,22). The maximum Gasteiger partial charge on any atom is 0.224 e. The predicted octanol–water partition coefficient (Wildman–Crippen LogP) is 5.71. The predicted molar refractivity (Wildman–Crippen MR) is 101 cm³/mol. The van der Waals surface area contributed by atoms with E-state index in [1.807, 2.05) is 50.2 Å². The van der Waals surface area contributed by atoms with Crippen LogP contribution in [0.25, 0.3) is 20.8 Å². The maximum atomic E-state index is 12.1. The molecular weight excluding hydrogens is 372 g/mol. The Morgan fingerprint density at radius 3 is 2.78 bits per heavy atom. The van der Waals surface area contributed by atoms with Crippen molar-refractivity contribution >= 4 is 49.1 Å². The first-order chi connectivity index (χ1) is 11.0. The van der Waals surface area contributed by atoms with Crippen LogP contribution in [-0.2, 0) is 4.79 Å². The smallest absolute Gasteiger partial charge is 0.224 e. The zero-order valence-electron chi connectivity index (χ0n) is 13.0. The van der Waals surface area contributed by atoms with Crippen LogP contribution in [0.4, 0.5) is 5.69 Å². The lowest BCUT2D eigenvalue weighted by molar-refractivity contribution is -0.116. The van der Waals surface area contributed by atoms with E-state index < -0.39 is 0 Å². The number of anilines is 1. The van der Waals surface area contributed by atoms with Gasteiger partial charge in [0.05, 0.1) is 15.9 Å². The molecule has 5 heteroatoms. The summed E-state index contributed by atoms with van der Waals surface area (Å²) >= 11 is 5.14. The Balaban J connectivity index is 2.00. The van der Waals surface area contributed by atoms with Gasteiger partial charge in [0.15, 0.2) is 0 Å². The van der Waals surface area contributed by atoms with Crippen molar-refractivity contribution < 1.29 is 4.79 Å². The number of hydrogen-bond acceptors (Lipinski definition) is 3. The molecule has 23 heavy (non-hydrogen) atoms. The van der Waals surface area contributed by atoms with E-state index in [0.717, 1.165) is 30.9 Å². The monoisotopic (exact) mass is 388 g/mol. The van der Waals surface area contributed by atoms with Crippen LogP contribution in [-0.4, -0.2) is 10.9 Å². The van der Waals surface area contributed by atoms with Crippen molar-refractivity contribution in [2.75, 3.05) is 5.32 Å². The van der Waals surface area contributed by atoms with Gasteiger partial charge in [-0.25, -0.2) is 4.98 Å². The van der Waals surface area contributed by atoms with Gasteiger partial charge < -0.3 is 5.32 Å². The van der Waals surface area contributed by atoms with E-state index in [0.29, 0.717) is 12.3 Å². The average molecular weight is 389 g/mol. The minimum Gasteiger partial charge on any atom is -0.325 e. The fourth-order valence-electron chi connectivity index (χ4n) is 2.36. The number of nitrogens with one attached hydrogen (secondary N) is 1. The van der Waals surface area contributed by atoms with Crippen molar-refractivity contribution in [3.8, 4) is 10.6 Å². The van der Waals surface area contributed by atoms with Crippen LogP contribution < -0.4 is 5.32 Å². The molecule has 118 valence electrons. The largest absolute Gasteiger partial charge is 0.325 e. The van der Waals surface area contributed by atoms with Gasteiger partial charge in [-0.2, -0.15) is 0 Å². The second kappa shape index (κ2) is 6.81. The molecule has 0 aliphatic heterocycles. The van der Waals surface area contributed by atoms with Gasteiger partial charge in [-0.15, -0.1) is 11.3 Å². The third-order valence-electron chi connectivity index (χ3n) is 3.37. The van der Waals surface area contributed by atoms with E-state index in [1.54, 1.807) is 11.3 Å². The van der Waals surface area contributed by atoms with Crippen molar-refractivity contribution in [1.82, 2.24) is 4.98 Å². The number of fused-ring (bicyclic) bond motifs is 1. The molecule has 0 saturated heterocycles. The molecule has 0 spiro atoms. The minimum absolute atomic E-state index is 0.0321. The molecule has 3 nitrogen and oxygen atoms in total. The van der Waals surface area contributed by atoms with Gasteiger partial charge in [0, 0.05) is 16.5 Å². The van der Waals surface area contributed by atoms with E-state index >= 15 is 0 Å². The van der Waals surface area contributed by atoms with Crippen molar-refractivity contribution in [2.24, 2.45) is 5.92 Å². The Hall–Kier alpha value is -1.72. The highest BCUT2D eigenvalue weighted by Gasteiger charge is 2.14. The summed E-state index contributed by atoms with van der Waals surface area (Å²) in [5.74, 6) is 0.362. The molecule has 0 aliphatic carbocycles. The molecule has 2 aromatic carbocycles. The number of carbonyl (C=O) groups excluding carboxylic acids is 1. The molecule has 0 aliphatic rings. The molecule has 0 saturated carbocycles. The minimum atomic E-state index is 0.0321. The third kappa shape index (κ3) is 3.79. The topological polar surface area (TPSA) is 42.0 Å². The molecule has 0 bridgehead atoms. The first-order valence-corrected chi connectivity index (χ1v) is 9.09. The molecule has 1 aromatic heterocycles. The van der Waals surface area contributed by atoms with E-state index in [-0.39, 0.29) is 5.91 Å². The molecule has 1 amide bonds. The first kappa shape index (κ1) is 16.1. The summed E-state index contributed by atoms with van der Waals surface area (Å²) in [6.07, 6.45) is 0.509. The quantitative estimate of drug-likeness (QED) is 0.621. The highest BCUT2D eigenvalue weighted by molar-refractivity contribution is 9.10. The molecule has 0 atom stereocenters. The number of aromatic nitrogens is 1. The molecule has 3 aromatic rings. The van der Waals surface area contributed by atoms with E-state index in [9.17, 15) is 4.79 Å². The SMILES string of the molecule is CC(C)CC(=O)Nc1ccc(Br)cc1-c1nc2ccccc2s1. The van der Waals surface area contributed by atoms with E-state index in [4.69, 9.17) is 4.98 Å². The molecule has 1 N–H and O–H groups in total. The normalized spacial score (nSPS) is 11.1. The van der Waals surface area contributed by atoms with Crippen LogP contribution in [0.15, 0.2) is 46.9 Å². The Bertz CT molecular complexity index is 824. The van der Waals surface area contributed by atoms with Crippen molar-refractivity contribution in [3.05, 3.63) is 46.9 Å². The Labute approximate surface area is 147 Å². The summed E-state index contributed by atoms with van der Waals surface area (Å²) in [5.41, 5.74) is 2.72. The van der Waals surface area contributed by atoms with Crippen molar-refractivity contribution in [2.45, 2.75) is 20.3 Å². The molecule has 0 unspecified atom stereocenters. The number of carbonyl (C=O) groups is 1. The number of rotatable bonds is 4. The van der Waals surface area contributed by atoms with E-state index in [2.05, 4.69) is 27.3 Å². The summed E-state index contributed by atoms with van der Waals surface area (Å²) in [7, 11) is 0. The van der Waals surface area contributed by atoms with Gasteiger partial charge in [-0.3, -0.25) is 4.79 Å². The second-order valence-corrected chi connectivity index (χ2v) is 7.77. The highest BCUT2D eigenvalue weighted by atomic mass is 79.9. The van der Waals surface area contributed by atoms with Crippen molar-refractivity contribution in [3.63, 3.8) is 0 Å². The number of thiazole rings is 1. The van der Waals surface area contributed by atoms with Gasteiger partial charge in [0.2, 0.25) is 5.91 Å². The fraction of sp³-hybridized carbons (Fsp3) is 0.222. The summed E-state index contributed by atoms with van der Waals surface area (Å²) in [6, 6.07) is 13.9. The average Bonchev–Trinajstić information content (AvgIpc) is 2.92. The zero-order valence-corrected chi connectivity index (χ0v) is 15.4. The molecule has 0 fully saturated rings. The van der Waals surface area contributed by atoms with E-state index in [1.165, 1.54) is 0 Å². The lowest BCUT2D eigenvalue weighted by atomic mass is 10.1. The first-order valence-electron chi connectivity index (χ1n) is 7.48.